The molecule has 3 N–H and O–H groups in total. The lowest BCUT2D eigenvalue weighted by atomic mass is 10.3. The van der Waals surface area contributed by atoms with Gasteiger partial charge in [-0.3, -0.25) is 0 Å². The highest BCUT2D eigenvalue weighted by Gasteiger charge is 2.20. The van der Waals surface area contributed by atoms with E-state index in [0.717, 1.165) is 19.9 Å². The molecule has 0 amide bonds. The van der Waals surface area contributed by atoms with Crippen molar-refractivity contribution in [1.29, 1.82) is 0 Å². The molecule has 6 aromatic rings. The Morgan fingerprint density at radius 3 is 2.67 bits per heavy atom. The van der Waals surface area contributed by atoms with Gasteiger partial charge < -0.3 is 15.8 Å². The van der Waals surface area contributed by atoms with Gasteiger partial charge in [0.2, 0.25) is 11.8 Å². The number of hydrogen-bond acceptors (Lipinski definition) is 9. The predicted octanol–water partition coefficient (Wildman–Crippen LogP) is 5.40. The zero-order valence-corrected chi connectivity index (χ0v) is 20.2. The summed E-state index contributed by atoms with van der Waals surface area (Å²) in [7, 11) is -3.78. The van der Waals surface area contributed by atoms with Crippen LogP contribution in [0.5, 0.6) is 11.6 Å². The molecule has 178 valence electrons. The Hall–Kier alpha value is -4.48. The minimum absolute atomic E-state index is 0.186. The van der Waals surface area contributed by atoms with E-state index in [1.54, 1.807) is 54.6 Å². The summed E-state index contributed by atoms with van der Waals surface area (Å²) in [4.78, 5) is 13.7. The number of fused-ring (bicyclic) bond motifs is 2. The predicted molar refractivity (Wildman–Crippen MR) is 140 cm³/mol. The van der Waals surface area contributed by atoms with Gasteiger partial charge in [-0.2, -0.15) is 4.98 Å². The SMILES string of the molecule is Nc1cccc(Nc2nc(Oc3cnc4c(ccn4S(=O)(=O)c4ccccc4)c3)c3sccc3n2)c1. The molecule has 2 aromatic carbocycles. The van der Waals surface area contributed by atoms with Crippen LogP contribution in [0.25, 0.3) is 21.3 Å². The van der Waals surface area contributed by atoms with E-state index >= 15 is 0 Å². The van der Waals surface area contributed by atoms with Gasteiger partial charge in [0.1, 0.15) is 10.4 Å². The molecule has 0 unspecified atom stereocenters. The summed E-state index contributed by atoms with van der Waals surface area (Å²) in [6.07, 6.45) is 2.96. The second-order valence-corrected chi connectivity index (χ2v) is 10.6. The van der Waals surface area contributed by atoms with Crippen LogP contribution in [0.1, 0.15) is 0 Å². The van der Waals surface area contributed by atoms with Crippen LogP contribution in [0, 0.1) is 0 Å². The Kier molecular flexibility index (Phi) is 5.28. The molecule has 9 nitrogen and oxygen atoms in total. The van der Waals surface area contributed by atoms with Crippen molar-refractivity contribution >= 4 is 59.9 Å². The number of nitrogens with two attached hydrogens (primary N) is 1. The third kappa shape index (κ3) is 4.00. The highest BCUT2D eigenvalue weighted by molar-refractivity contribution is 7.90. The van der Waals surface area contributed by atoms with Crippen LogP contribution in [0.15, 0.2) is 95.5 Å². The van der Waals surface area contributed by atoms with Crippen molar-refractivity contribution in [3.05, 3.63) is 90.6 Å². The normalized spacial score (nSPS) is 11.7. The van der Waals surface area contributed by atoms with E-state index in [2.05, 4.69) is 20.3 Å². The molecule has 0 radical (unpaired) electrons. The zero-order valence-electron chi connectivity index (χ0n) is 18.6. The molecule has 11 heteroatoms. The summed E-state index contributed by atoms with van der Waals surface area (Å²) < 4.78 is 34.2. The molecule has 0 atom stereocenters. The molecular formula is C25H18N6O3S2. The Balaban J connectivity index is 1.34. The second-order valence-electron chi connectivity index (χ2n) is 7.85. The van der Waals surface area contributed by atoms with E-state index in [1.165, 1.54) is 23.7 Å². The lowest BCUT2D eigenvalue weighted by Gasteiger charge is -2.10. The third-order valence-corrected chi connectivity index (χ3v) is 7.97. The average Bonchev–Trinajstić information content (AvgIpc) is 3.52. The minimum atomic E-state index is -3.78. The highest BCUT2D eigenvalue weighted by Crippen LogP contribution is 2.34. The minimum Gasteiger partial charge on any atom is -0.436 e. The first-order valence-corrected chi connectivity index (χ1v) is 13.1. The number of nitrogens with zero attached hydrogens (tertiary/aromatic N) is 4. The number of pyridine rings is 1. The van der Waals surface area contributed by atoms with Crippen molar-refractivity contribution in [3.8, 4) is 11.6 Å². The van der Waals surface area contributed by atoms with E-state index in [0.29, 0.717) is 34.3 Å². The van der Waals surface area contributed by atoms with Crippen molar-refractivity contribution in [1.82, 2.24) is 18.9 Å². The largest absolute Gasteiger partial charge is 0.436 e. The standard InChI is InChI=1S/C25H18N6O3S2/c26-17-5-4-6-18(14-17)28-25-29-21-10-12-35-22(21)24(30-25)34-19-13-16-9-11-31(23(16)27-15-19)36(32,33)20-7-2-1-3-8-20/h1-15H,26H2,(H,28,29,30). The van der Waals surface area contributed by atoms with E-state index in [-0.39, 0.29) is 4.90 Å². The number of anilines is 3. The molecular weight excluding hydrogens is 496 g/mol. The number of ether oxygens (including phenoxy) is 1. The fourth-order valence-corrected chi connectivity index (χ4v) is 5.84. The van der Waals surface area contributed by atoms with Gasteiger partial charge in [-0.15, -0.1) is 11.3 Å². The first-order valence-electron chi connectivity index (χ1n) is 10.8. The van der Waals surface area contributed by atoms with Crippen LogP contribution in [-0.4, -0.2) is 27.3 Å². The van der Waals surface area contributed by atoms with E-state index in [9.17, 15) is 8.42 Å². The van der Waals surface area contributed by atoms with Gasteiger partial charge in [0.05, 0.1) is 16.6 Å². The number of benzene rings is 2. The third-order valence-electron chi connectivity index (χ3n) is 5.40. The van der Waals surface area contributed by atoms with E-state index in [4.69, 9.17) is 10.5 Å². The number of hydrogen-bond donors (Lipinski definition) is 2. The topological polar surface area (TPSA) is 125 Å². The molecule has 4 aromatic heterocycles. The van der Waals surface area contributed by atoms with Crippen LogP contribution in [-0.2, 0) is 10.0 Å². The first-order chi connectivity index (χ1) is 17.5. The van der Waals surface area contributed by atoms with Crippen LogP contribution >= 0.6 is 11.3 Å². The lowest BCUT2D eigenvalue weighted by Crippen LogP contribution is -2.12. The molecule has 0 aliphatic rings. The maximum atomic E-state index is 13.1. The fraction of sp³-hybridized carbons (Fsp3) is 0. The maximum Gasteiger partial charge on any atom is 0.269 e. The van der Waals surface area contributed by atoms with Gasteiger partial charge in [-0.25, -0.2) is 22.4 Å². The number of thiophene rings is 1. The molecule has 36 heavy (non-hydrogen) atoms. The van der Waals surface area contributed by atoms with E-state index in [1.807, 2.05) is 23.6 Å². The van der Waals surface area contributed by atoms with Crippen molar-refractivity contribution in [2.75, 3.05) is 11.1 Å². The van der Waals surface area contributed by atoms with Crippen molar-refractivity contribution in [2.24, 2.45) is 0 Å². The van der Waals surface area contributed by atoms with Gasteiger partial charge >= 0.3 is 0 Å². The molecule has 6 rings (SSSR count). The van der Waals surface area contributed by atoms with Crippen LogP contribution in [0.3, 0.4) is 0 Å². The quantitative estimate of drug-likeness (QED) is 0.283. The average molecular weight is 515 g/mol. The highest BCUT2D eigenvalue weighted by atomic mass is 32.2. The molecule has 0 fully saturated rings. The second kappa shape index (κ2) is 8.63. The summed E-state index contributed by atoms with van der Waals surface area (Å²) in [5, 5.41) is 5.68. The van der Waals surface area contributed by atoms with Gasteiger partial charge in [0.25, 0.3) is 10.0 Å². The zero-order chi connectivity index (χ0) is 24.7. The number of rotatable bonds is 6. The molecule has 0 saturated carbocycles. The van der Waals surface area contributed by atoms with Gasteiger partial charge in [0, 0.05) is 23.0 Å². The molecule has 0 aliphatic carbocycles. The monoisotopic (exact) mass is 514 g/mol. The van der Waals surface area contributed by atoms with E-state index < -0.39 is 10.0 Å². The van der Waals surface area contributed by atoms with Crippen LogP contribution in [0.4, 0.5) is 17.3 Å². The van der Waals surface area contributed by atoms with Gasteiger partial charge in [-0.1, -0.05) is 24.3 Å². The molecule has 0 bridgehead atoms. The Bertz CT molecular complexity index is 1830. The fourth-order valence-electron chi connectivity index (χ4n) is 3.75. The summed E-state index contributed by atoms with van der Waals surface area (Å²) in [5.74, 6) is 1.13. The maximum absolute atomic E-state index is 13.1. The molecule has 0 aliphatic heterocycles. The van der Waals surface area contributed by atoms with Crippen LogP contribution in [0.2, 0.25) is 0 Å². The lowest BCUT2D eigenvalue weighted by molar-refractivity contribution is 0.468. The Labute approximate surface area is 209 Å². The number of aromatic nitrogens is 4. The van der Waals surface area contributed by atoms with Gasteiger partial charge in [0.15, 0.2) is 5.65 Å². The molecule has 4 heterocycles. The van der Waals surface area contributed by atoms with Crippen molar-refractivity contribution in [3.63, 3.8) is 0 Å². The Morgan fingerprint density at radius 1 is 0.972 bits per heavy atom. The molecule has 0 saturated heterocycles. The van der Waals surface area contributed by atoms with Crippen LogP contribution < -0.4 is 15.8 Å². The van der Waals surface area contributed by atoms with Crippen molar-refractivity contribution < 1.29 is 13.2 Å². The number of nitrogen functional groups attached to an aromatic ring is 1. The first kappa shape index (κ1) is 22.0. The number of nitrogens with one attached hydrogen (secondary N) is 1. The molecule has 0 spiro atoms. The summed E-state index contributed by atoms with van der Waals surface area (Å²) in [5.41, 5.74) is 8.28. The van der Waals surface area contributed by atoms with Gasteiger partial charge in [-0.05, 0) is 53.9 Å². The van der Waals surface area contributed by atoms with Crippen molar-refractivity contribution in [2.45, 2.75) is 4.90 Å². The smallest absolute Gasteiger partial charge is 0.269 e. The summed E-state index contributed by atoms with van der Waals surface area (Å²) in [6.45, 7) is 0. The summed E-state index contributed by atoms with van der Waals surface area (Å²) in [6, 6.07) is 20.8. The Morgan fingerprint density at radius 2 is 1.83 bits per heavy atom. The summed E-state index contributed by atoms with van der Waals surface area (Å²) >= 11 is 1.46.